The lowest BCUT2D eigenvalue weighted by Crippen LogP contribution is -2.33. The normalized spacial score (nSPS) is 15.9. The van der Waals surface area contributed by atoms with Gasteiger partial charge in [-0.2, -0.15) is 0 Å². The van der Waals surface area contributed by atoms with Crippen LogP contribution in [0, 0.1) is 12.8 Å². The van der Waals surface area contributed by atoms with E-state index < -0.39 is 23.6 Å². The van der Waals surface area contributed by atoms with Crippen molar-refractivity contribution in [3.63, 3.8) is 0 Å². The summed E-state index contributed by atoms with van der Waals surface area (Å²) in [6, 6.07) is 13.5. The van der Waals surface area contributed by atoms with Gasteiger partial charge in [-0.25, -0.2) is 0 Å². The molecule has 0 fully saturated rings. The Morgan fingerprint density at radius 1 is 1.15 bits per heavy atom. The first kappa shape index (κ1) is 23.4. The van der Waals surface area contributed by atoms with Crippen LogP contribution in [-0.2, 0) is 9.59 Å². The summed E-state index contributed by atoms with van der Waals surface area (Å²) in [5.41, 5.74) is 7.20. The summed E-state index contributed by atoms with van der Waals surface area (Å²) in [4.78, 5) is 46.2. The SMILES string of the molecule is Cc1ccc(-c2ccc(N3C(=O)C(O)=C(C(=O)CC(C)C)C3c3cccnc3C(N)=O)cc2)s1. The van der Waals surface area contributed by atoms with Gasteiger partial charge in [0, 0.05) is 33.6 Å². The number of anilines is 1. The summed E-state index contributed by atoms with van der Waals surface area (Å²) < 4.78 is 0. The Morgan fingerprint density at radius 3 is 2.44 bits per heavy atom. The molecule has 1 aromatic carbocycles. The number of Topliss-reactive ketones (excluding diaryl/α,β-unsaturated/α-hetero) is 1. The van der Waals surface area contributed by atoms with Gasteiger partial charge in [-0.1, -0.05) is 32.0 Å². The topological polar surface area (TPSA) is 114 Å². The first-order valence-corrected chi connectivity index (χ1v) is 11.7. The Morgan fingerprint density at radius 2 is 1.85 bits per heavy atom. The molecule has 0 spiro atoms. The second-order valence-electron chi connectivity index (χ2n) is 8.62. The van der Waals surface area contributed by atoms with Crippen LogP contribution in [0.25, 0.3) is 10.4 Å². The monoisotopic (exact) mass is 475 g/mol. The molecule has 0 aliphatic carbocycles. The summed E-state index contributed by atoms with van der Waals surface area (Å²) in [6.07, 6.45) is 1.56. The van der Waals surface area contributed by atoms with Crippen molar-refractivity contribution in [1.29, 1.82) is 0 Å². The predicted octanol–water partition coefficient (Wildman–Crippen LogP) is 4.73. The van der Waals surface area contributed by atoms with Gasteiger partial charge in [0.15, 0.2) is 11.5 Å². The summed E-state index contributed by atoms with van der Waals surface area (Å²) >= 11 is 1.66. The minimum atomic E-state index is -1.02. The molecule has 0 bridgehead atoms. The van der Waals surface area contributed by atoms with E-state index in [1.54, 1.807) is 35.6 Å². The van der Waals surface area contributed by atoms with Crippen molar-refractivity contribution in [3.05, 3.63) is 82.2 Å². The van der Waals surface area contributed by atoms with E-state index >= 15 is 0 Å². The molecule has 0 radical (unpaired) electrons. The molecule has 0 saturated carbocycles. The number of ketones is 1. The highest BCUT2D eigenvalue weighted by atomic mass is 32.1. The minimum absolute atomic E-state index is 0.00986. The number of amides is 2. The summed E-state index contributed by atoms with van der Waals surface area (Å²) in [5, 5.41) is 10.8. The van der Waals surface area contributed by atoms with Crippen LogP contribution in [0.5, 0.6) is 0 Å². The quantitative estimate of drug-likeness (QED) is 0.513. The molecule has 1 atom stereocenters. The molecule has 8 heteroatoms. The van der Waals surface area contributed by atoms with Crippen LogP contribution in [0.15, 0.2) is 66.1 Å². The summed E-state index contributed by atoms with van der Waals surface area (Å²) in [7, 11) is 0. The van der Waals surface area contributed by atoms with Gasteiger partial charge in [-0.3, -0.25) is 24.3 Å². The van der Waals surface area contributed by atoms with Crippen molar-refractivity contribution in [1.82, 2.24) is 4.98 Å². The van der Waals surface area contributed by atoms with E-state index in [0.717, 1.165) is 10.4 Å². The summed E-state index contributed by atoms with van der Waals surface area (Å²) in [5.74, 6) is -2.47. The summed E-state index contributed by atoms with van der Waals surface area (Å²) in [6.45, 7) is 5.79. The average Bonchev–Trinajstić information content (AvgIpc) is 3.34. The van der Waals surface area contributed by atoms with Crippen molar-refractivity contribution >= 4 is 34.6 Å². The number of benzene rings is 1. The van der Waals surface area contributed by atoms with Gasteiger partial charge in [0.1, 0.15) is 5.69 Å². The fourth-order valence-corrected chi connectivity index (χ4v) is 5.02. The van der Waals surface area contributed by atoms with Gasteiger partial charge < -0.3 is 10.8 Å². The number of rotatable bonds is 7. The van der Waals surface area contributed by atoms with E-state index in [-0.39, 0.29) is 35.0 Å². The number of carbonyl (C=O) groups excluding carboxylic acids is 3. The van der Waals surface area contributed by atoms with Crippen molar-refractivity contribution < 1.29 is 19.5 Å². The Hall–Kier alpha value is -3.78. The van der Waals surface area contributed by atoms with E-state index in [9.17, 15) is 19.5 Å². The largest absolute Gasteiger partial charge is 0.503 e. The number of thiophene rings is 1. The molecule has 4 rings (SSSR count). The van der Waals surface area contributed by atoms with Crippen LogP contribution < -0.4 is 10.6 Å². The Labute approximate surface area is 201 Å². The molecule has 174 valence electrons. The standard InChI is InChI=1S/C26H25N3O4S/c1-14(2)13-19(30)21-23(18-5-4-12-28-22(18)25(27)32)29(26(33)24(21)31)17-9-7-16(8-10-17)20-11-6-15(3)34-20/h4-12,14,23,31H,13H2,1-3H3,(H2,27,32). The number of aryl methyl sites for hydroxylation is 1. The lowest BCUT2D eigenvalue weighted by molar-refractivity contribution is -0.118. The molecule has 3 heterocycles. The van der Waals surface area contributed by atoms with Gasteiger partial charge in [0.05, 0.1) is 11.6 Å². The molecule has 3 aromatic rings. The van der Waals surface area contributed by atoms with Crippen molar-refractivity contribution in [2.75, 3.05) is 4.90 Å². The van der Waals surface area contributed by atoms with Crippen LogP contribution >= 0.6 is 11.3 Å². The maximum absolute atomic E-state index is 13.3. The third-order valence-corrected chi connectivity index (χ3v) is 6.69. The second-order valence-corrected chi connectivity index (χ2v) is 9.91. The molecular formula is C26H25N3O4S. The number of nitrogens with two attached hydrogens (primary N) is 1. The number of nitrogens with zero attached hydrogens (tertiary/aromatic N) is 2. The van der Waals surface area contributed by atoms with E-state index in [1.807, 2.05) is 45.0 Å². The highest BCUT2D eigenvalue weighted by molar-refractivity contribution is 7.15. The number of primary amides is 1. The van der Waals surface area contributed by atoms with E-state index in [1.165, 1.54) is 16.0 Å². The third-order valence-electron chi connectivity index (χ3n) is 5.64. The molecule has 2 aromatic heterocycles. The maximum atomic E-state index is 13.3. The molecule has 1 aliphatic heterocycles. The predicted molar refractivity (Wildman–Crippen MR) is 132 cm³/mol. The maximum Gasteiger partial charge on any atom is 0.294 e. The number of carbonyl (C=O) groups is 3. The Bertz CT molecular complexity index is 1310. The fourth-order valence-electron chi connectivity index (χ4n) is 4.15. The zero-order chi connectivity index (χ0) is 24.6. The van der Waals surface area contributed by atoms with Crippen molar-refractivity contribution in [3.8, 4) is 10.4 Å². The van der Waals surface area contributed by atoms with Crippen LogP contribution in [-0.4, -0.2) is 27.7 Å². The van der Waals surface area contributed by atoms with Crippen LogP contribution in [0.4, 0.5) is 5.69 Å². The number of aromatic nitrogens is 1. The number of aliphatic hydroxyl groups excluding tert-OH is 1. The third kappa shape index (κ3) is 4.24. The highest BCUT2D eigenvalue weighted by Gasteiger charge is 2.45. The van der Waals surface area contributed by atoms with Crippen molar-refractivity contribution in [2.24, 2.45) is 11.7 Å². The van der Waals surface area contributed by atoms with Gasteiger partial charge in [0.25, 0.3) is 11.8 Å². The number of hydrogen-bond acceptors (Lipinski definition) is 6. The Balaban J connectivity index is 1.84. The van der Waals surface area contributed by atoms with Crippen LogP contribution in [0.3, 0.4) is 0 Å². The van der Waals surface area contributed by atoms with Crippen LogP contribution in [0.2, 0.25) is 0 Å². The second kappa shape index (κ2) is 9.23. The smallest absolute Gasteiger partial charge is 0.294 e. The molecule has 0 saturated heterocycles. The molecule has 34 heavy (non-hydrogen) atoms. The van der Waals surface area contributed by atoms with Gasteiger partial charge in [-0.15, -0.1) is 11.3 Å². The fraction of sp³-hybridized carbons (Fsp3) is 0.231. The van der Waals surface area contributed by atoms with Crippen LogP contribution in [0.1, 0.15) is 47.2 Å². The van der Waals surface area contributed by atoms with E-state index in [2.05, 4.69) is 4.98 Å². The van der Waals surface area contributed by atoms with Crippen molar-refractivity contribution in [2.45, 2.75) is 33.2 Å². The van der Waals surface area contributed by atoms with Gasteiger partial charge >= 0.3 is 0 Å². The first-order chi connectivity index (χ1) is 16.2. The zero-order valence-corrected chi connectivity index (χ0v) is 19.9. The highest BCUT2D eigenvalue weighted by Crippen LogP contribution is 2.43. The van der Waals surface area contributed by atoms with E-state index in [4.69, 9.17) is 5.73 Å². The minimum Gasteiger partial charge on any atom is -0.503 e. The lowest BCUT2D eigenvalue weighted by Gasteiger charge is -2.28. The molecule has 3 N–H and O–H groups in total. The number of aliphatic hydroxyl groups is 1. The number of hydrogen-bond donors (Lipinski definition) is 2. The molecule has 1 aliphatic rings. The van der Waals surface area contributed by atoms with Gasteiger partial charge in [-0.05, 0) is 48.7 Å². The lowest BCUT2D eigenvalue weighted by atomic mass is 9.91. The van der Waals surface area contributed by atoms with E-state index in [0.29, 0.717) is 5.69 Å². The zero-order valence-electron chi connectivity index (χ0n) is 19.1. The molecule has 2 amide bonds. The number of pyridine rings is 1. The average molecular weight is 476 g/mol. The molecule has 1 unspecified atom stereocenters. The van der Waals surface area contributed by atoms with Gasteiger partial charge in [0.2, 0.25) is 0 Å². The first-order valence-electron chi connectivity index (χ1n) is 10.9. The Kier molecular flexibility index (Phi) is 6.34. The molecule has 7 nitrogen and oxygen atoms in total. The molecular weight excluding hydrogens is 450 g/mol.